The summed E-state index contributed by atoms with van der Waals surface area (Å²) in [6, 6.07) is 27.9. The number of nitrogens with zero attached hydrogens (tertiary/aromatic N) is 2. The predicted molar refractivity (Wildman–Crippen MR) is 115 cm³/mol. The van der Waals surface area contributed by atoms with Crippen molar-refractivity contribution in [2.45, 2.75) is 0 Å². The Kier molecular flexibility index (Phi) is 3.88. The fourth-order valence-corrected chi connectivity index (χ4v) is 4.95. The Labute approximate surface area is 162 Å². The first kappa shape index (κ1) is 16.0. The second-order valence-electron chi connectivity index (χ2n) is 6.58. The molecule has 0 aliphatic heterocycles. The molecule has 0 aliphatic rings. The Morgan fingerprint density at radius 3 is 2.04 bits per heavy atom. The molecule has 0 atom stereocenters. The number of benzene rings is 3. The highest BCUT2D eigenvalue weighted by Gasteiger charge is 2.18. The maximum atomic E-state index is 4.60. The standard InChI is InChI=1S/C24H18N2S/c1-26-16-15-25-24(26)23-21-14-8-7-13-20(21)22(27-23)19-12-6-5-11-18(19)17-9-3-2-4-10-17/h2-16H,1H3. The highest BCUT2D eigenvalue weighted by molar-refractivity contribution is 7.21. The topological polar surface area (TPSA) is 17.8 Å². The third-order valence-electron chi connectivity index (χ3n) is 4.90. The van der Waals surface area contributed by atoms with E-state index in [2.05, 4.69) is 95.5 Å². The van der Waals surface area contributed by atoms with Crippen molar-refractivity contribution in [1.82, 2.24) is 9.55 Å². The summed E-state index contributed by atoms with van der Waals surface area (Å²) in [5.41, 5.74) is 3.77. The molecule has 0 unspecified atom stereocenters. The average Bonchev–Trinajstić information content (AvgIpc) is 3.32. The third kappa shape index (κ3) is 2.68. The second-order valence-corrected chi connectivity index (χ2v) is 7.60. The molecule has 130 valence electrons. The Hall–Kier alpha value is -3.17. The number of fused-ring (bicyclic) bond motifs is 1. The lowest BCUT2D eigenvalue weighted by molar-refractivity contribution is 0.929. The quantitative estimate of drug-likeness (QED) is 0.350. The van der Waals surface area contributed by atoms with Gasteiger partial charge in [-0.1, -0.05) is 78.9 Å². The van der Waals surface area contributed by atoms with Gasteiger partial charge < -0.3 is 4.57 Å². The van der Waals surface area contributed by atoms with E-state index < -0.39 is 0 Å². The first-order valence-electron chi connectivity index (χ1n) is 8.97. The van der Waals surface area contributed by atoms with Gasteiger partial charge in [0.15, 0.2) is 0 Å². The zero-order valence-electron chi connectivity index (χ0n) is 15.0. The molecule has 2 aromatic heterocycles. The van der Waals surface area contributed by atoms with Gasteiger partial charge in [-0.15, -0.1) is 11.3 Å². The van der Waals surface area contributed by atoms with Crippen molar-refractivity contribution < 1.29 is 0 Å². The number of aryl methyl sites for hydroxylation is 1. The Balaban J connectivity index is 1.80. The van der Waals surface area contributed by atoms with Crippen molar-refractivity contribution in [3.8, 4) is 32.3 Å². The summed E-state index contributed by atoms with van der Waals surface area (Å²) in [5.74, 6) is 1.01. The van der Waals surface area contributed by atoms with E-state index in [1.807, 2.05) is 23.7 Å². The van der Waals surface area contributed by atoms with E-state index in [4.69, 9.17) is 0 Å². The zero-order chi connectivity index (χ0) is 18.2. The SMILES string of the molecule is Cn1ccnc1-c1sc(-c2ccccc2-c2ccccc2)c2ccccc12. The van der Waals surface area contributed by atoms with Crippen LogP contribution in [0, 0.1) is 0 Å². The summed E-state index contributed by atoms with van der Waals surface area (Å²) >= 11 is 1.82. The van der Waals surface area contributed by atoms with Gasteiger partial charge in [0.2, 0.25) is 0 Å². The van der Waals surface area contributed by atoms with Crippen LogP contribution in [0.1, 0.15) is 0 Å². The summed E-state index contributed by atoms with van der Waals surface area (Å²) in [7, 11) is 2.05. The van der Waals surface area contributed by atoms with E-state index in [9.17, 15) is 0 Å². The average molecular weight is 366 g/mol. The minimum Gasteiger partial charge on any atom is -0.333 e. The summed E-state index contributed by atoms with van der Waals surface area (Å²) in [6.45, 7) is 0. The first-order chi connectivity index (χ1) is 13.3. The molecule has 2 heterocycles. The smallest absolute Gasteiger partial charge is 0.150 e. The molecule has 5 rings (SSSR count). The Morgan fingerprint density at radius 1 is 0.704 bits per heavy atom. The molecule has 0 amide bonds. The molecule has 0 bridgehead atoms. The van der Waals surface area contributed by atoms with E-state index in [1.165, 1.54) is 37.2 Å². The molecule has 0 fully saturated rings. The van der Waals surface area contributed by atoms with Crippen LogP contribution in [0.15, 0.2) is 91.3 Å². The number of hydrogen-bond acceptors (Lipinski definition) is 2. The summed E-state index contributed by atoms with van der Waals surface area (Å²) in [4.78, 5) is 7.11. The van der Waals surface area contributed by atoms with Crippen LogP contribution in [0.25, 0.3) is 43.0 Å². The zero-order valence-corrected chi connectivity index (χ0v) is 15.8. The van der Waals surface area contributed by atoms with Crippen molar-refractivity contribution in [2.24, 2.45) is 7.05 Å². The van der Waals surface area contributed by atoms with Crippen molar-refractivity contribution in [1.29, 1.82) is 0 Å². The van der Waals surface area contributed by atoms with Crippen molar-refractivity contribution in [2.75, 3.05) is 0 Å². The highest BCUT2D eigenvalue weighted by Crippen LogP contribution is 2.45. The minimum atomic E-state index is 1.01. The fraction of sp³-hybridized carbons (Fsp3) is 0.0417. The molecule has 3 aromatic carbocycles. The number of thiophene rings is 1. The normalized spacial score (nSPS) is 11.1. The Morgan fingerprint density at radius 2 is 1.33 bits per heavy atom. The largest absolute Gasteiger partial charge is 0.333 e. The van der Waals surface area contributed by atoms with Crippen molar-refractivity contribution in [3.63, 3.8) is 0 Å². The van der Waals surface area contributed by atoms with Crippen LogP contribution in [0.4, 0.5) is 0 Å². The van der Waals surface area contributed by atoms with Crippen LogP contribution >= 0.6 is 11.3 Å². The molecule has 0 N–H and O–H groups in total. The molecule has 27 heavy (non-hydrogen) atoms. The van der Waals surface area contributed by atoms with Crippen LogP contribution < -0.4 is 0 Å². The first-order valence-corrected chi connectivity index (χ1v) is 9.78. The van der Waals surface area contributed by atoms with E-state index >= 15 is 0 Å². The molecule has 3 heteroatoms. The number of imidazole rings is 1. The van der Waals surface area contributed by atoms with E-state index in [-0.39, 0.29) is 0 Å². The maximum Gasteiger partial charge on any atom is 0.150 e. The van der Waals surface area contributed by atoms with Crippen LogP contribution in [-0.4, -0.2) is 9.55 Å². The number of hydrogen-bond donors (Lipinski definition) is 0. The van der Waals surface area contributed by atoms with Gasteiger partial charge in [0.05, 0.1) is 4.88 Å². The molecule has 2 nitrogen and oxygen atoms in total. The second kappa shape index (κ2) is 6.53. The third-order valence-corrected chi connectivity index (χ3v) is 6.15. The van der Waals surface area contributed by atoms with Gasteiger partial charge in [0.25, 0.3) is 0 Å². The lowest BCUT2D eigenvalue weighted by atomic mass is 9.97. The van der Waals surface area contributed by atoms with Gasteiger partial charge >= 0.3 is 0 Å². The molecular formula is C24H18N2S. The monoisotopic (exact) mass is 366 g/mol. The molecule has 0 saturated heterocycles. The molecular weight excluding hydrogens is 348 g/mol. The lowest BCUT2D eigenvalue weighted by Gasteiger charge is -2.09. The molecule has 5 aromatic rings. The van der Waals surface area contributed by atoms with Gasteiger partial charge in [-0.2, -0.15) is 0 Å². The minimum absolute atomic E-state index is 1.01. The lowest BCUT2D eigenvalue weighted by Crippen LogP contribution is -1.88. The van der Waals surface area contributed by atoms with Gasteiger partial charge in [0, 0.05) is 40.7 Å². The Bertz CT molecular complexity index is 1230. The molecule has 0 aliphatic carbocycles. The number of aromatic nitrogens is 2. The van der Waals surface area contributed by atoms with E-state index in [1.54, 1.807) is 0 Å². The van der Waals surface area contributed by atoms with Crippen LogP contribution in [0.3, 0.4) is 0 Å². The van der Waals surface area contributed by atoms with Gasteiger partial charge in [-0.05, 0) is 11.1 Å². The predicted octanol–water partition coefficient (Wildman–Crippen LogP) is 6.64. The molecule has 0 saturated carbocycles. The van der Waals surface area contributed by atoms with Gasteiger partial charge in [-0.3, -0.25) is 0 Å². The summed E-state index contributed by atoms with van der Waals surface area (Å²) in [6.07, 6.45) is 3.86. The maximum absolute atomic E-state index is 4.60. The van der Waals surface area contributed by atoms with Crippen LogP contribution in [0.2, 0.25) is 0 Å². The van der Waals surface area contributed by atoms with Gasteiger partial charge in [-0.25, -0.2) is 4.98 Å². The van der Waals surface area contributed by atoms with Crippen LogP contribution in [0.5, 0.6) is 0 Å². The fourth-order valence-electron chi connectivity index (χ4n) is 3.59. The van der Waals surface area contributed by atoms with Crippen molar-refractivity contribution >= 4 is 22.1 Å². The molecule has 0 spiro atoms. The highest BCUT2D eigenvalue weighted by atomic mass is 32.1. The van der Waals surface area contributed by atoms with Crippen LogP contribution in [-0.2, 0) is 7.05 Å². The summed E-state index contributed by atoms with van der Waals surface area (Å²) < 4.78 is 2.09. The number of rotatable bonds is 3. The summed E-state index contributed by atoms with van der Waals surface area (Å²) in [5, 5.41) is 2.54. The van der Waals surface area contributed by atoms with Crippen molar-refractivity contribution in [3.05, 3.63) is 91.3 Å². The van der Waals surface area contributed by atoms with E-state index in [0.717, 1.165) is 5.82 Å². The van der Waals surface area contributed by atoms with Gasteiger partial charge in [0.1, 0.15) is 5.82 Å². The van der Waals surface area contributed by atoms with E-state index in [0.29, 0.717) is 0 Å². The molecule has 0 radical (unpaired) electrons.